The van der Waals surface area contributed by atoms with Crippen molar-refractivity contribution >= 4 is 61.7 Å². The summed E-state index contributed by atoms with van der Waals surface area (Å²) in [5.41, 5.74) is 2.09. The van der Waals surface area contributed by atoms with Crippen LogP contribution in [0.5, 0.6) is 0 Å². The first-order chi connectivity index (χ1) is 15.4. The van der Waals surface area contributed by atoms with Gasteiger partial charge in [-0.25, -0.2) is 9.79 Å². The molecule has 2 aliphatic rings. The Bertz CT molecular complexity index is 1500. The van der Waals surface area contributed by atoms with Gasteiger partial charge in [0.1, 0.15) is 10.6 Å². The van der Waals surface area contributed by atoms with E-state index < -0.39 is 12.0 Å². The number of hydrogen-bond donors (Lipinski definition) is 1. The lowest BCUT2D eigenvalue weighted by Gasteiger charge is -2.23. The molecule has 1 aromatic carbocycles. The molecule has 5 rings (SSSR count). The van der Waals surface area contributed by atoms with Gasteiger partial charge in [-0.3, -0.25) is 14.2 Å². The topological polar surface area (TPSA) is 89.8 Å². The Morgan fingerprint density at radius 2 is 2.12 bits per heavy atom. The number of thiazole rings is 1. The third-order valence-corrected chi connectivity index (χ3v) is 7.73. The molecule has 3 aromatic rings. The number of amides is 1. The molecule has 0 saturated heterocycles. The lowest BCUT2D eigenvalue weighted by atomic mass is 10.0. The van der Waals surface area contributed by atoms with Crippen LogP contribution in [-0.2, 0) is 14.3 Å². The van der Waals surface area contributed by atoms with E-state index in [4.69, 9.17) is 4.74 Å². The Labute approximate surface area is 198 Å². The van der Waals surface area contributed by atoms with Crippen molar-refractivity contribution in [3.05, 3.63) is 81.6 Å². The number of ether oxygens (including phenoxy) is 1. The number of carbonyl (C=O) groups is 2. The van der Waals surface area contributed by atoms with Crippen LogP contribution in [0.2, 0.25) is 0 Å². The van der Waals surface area contributed by atoms with Crippen molar-refractivity contribution in [1.29, 1.82) is 0 Å². The van der Waals surface area contributed by atoms with Gasteiger partial charge in [-0.1, -0.05) is 33.3 Å². The molecule has 0 fully saturated rings. The van der Waals surface area contributed by atoms with Gasteiger partial charge in [0.05, 0.1) is 23.5 Å². The number of allylic oxidation sites excluding steroid dienone is 1. The van der Waals surface area contributed by atoms with Gasteiger partial charge in [0.2, 0.25) is 0 Å². The van der Waals surface area contributed by atoms with Crippen molar-refractivity contribution in [1.82, 2.24) is 4.57 Å². The molecule has 0 aliphatic carbocycles. The number of thiophene rings is 1. The fourth-order valence-corrected chi connectivity index (χ4v) is 6.25. The molecule has 1 N–H and O–H groups in total. The zero-order chi connectivity index (χ0) is 22.6. The van der Waals surface area contributed by atoms with Gasteiger partial charge < -0.3 is 10.1 Å². The molecule has 7 nitrogen and oxygen atoms in total. The van der Waals surface area contributed by atoms with Gasteiger partial charge in [-0.05, 0) is 43.5 Å². The third kappa shape index (κ3) is 3.21. The quantitative estimate of drug-likeness (QED) is 0.528. The van der Waals surface area contributed by atoms with E-state index >= 15 is 0 Å². The van der Waals surface area contributed by atoms with Crippen LogP contribution in [0.15, 0.2) is 61.2 Å². The summed E-state index contributed by atoms with van der Waals surface area (Å²) in [6.07, 6.45) is 0. The second-order valence-electron chi connectivity index (χ2n) is 7.16. The summed E-state index contributed by atoms with van der Waals surface area (Å²) in [5.74, 6) is -0.838. The number of fused-ring (bicyclic) bond motifs is 2. The van der Waals surface area contributed by atoms with E-state index in [9.17, 15) is 14.4 Å². The van der Waals surface area contributed by atoms with Gasteiger partial charge in [-0.15, -0.1) is 11.3 Å². The average Bonchev–Trinajstić information content (AvgIpc) is 3.45. The predicted molar refractivity (Wildman–Crippen MR) is 126 cm³/mol. The smallest absolute Gasteiger partial charge is 0.338 e. The van der Waals surface area contributed by atoms with Crippen LogP contribution < -0.4 is 20.2 Å². The van der Waals surface area contributed by atoms with Gasteiger partial charge in [0.15, 0.2) is 4.80 Å². The molecule has 2 aromatic heterocycles. The van der Waals surface area contributed by atoms with Gasteiger partial charge >= 0.3 is 5.97 Å². The zero-order valence-electron chi connectivity index (χ0n) is 17.0. The van der Waals surface area contributed by atoms with Crippen LogP contribution in [0.4, 0.5) is 5.69 Å². The maximum absolute atomic E-state index is 13.7. The molecule has 0 saturated carbocycles. The highest BCUT2D eigenvalue weighted by molar-refractivity contribution is 9.10. The second-order valence-corrected chi connectivity index (χ2v) is 10.0. The van der Waals surface area contributed by atoms with Crippen LogP contribution in [0.25, 0.3) is 5.57 Å². The number of rotatable bonds is 3. The highest BCUT2D eigenvalue weighted by Crippen LogP contribution is 2.34. The summed E-state index contributed by atoms with van der Waals surface area (Å²) in [5, 5.41) is 4.71. The number of nitrogens with one attached hydrogen (secondary N) is 1. The van der Waals surface area contributed by atoms with Crippen LogP contribution >= 0.6 is 38.6 Å². The Morgan fingerprint density at radius 3 is 2.84 bits per heavy atom. The minimum Gasteiger partial charge on any atom is -0.463 e. The molecular formula is C22H16BrN3O4S2. The van der Waals surface area contributed by atoms with E-state index in [2.05, 4.69) is 26.2 Å². The Kier molecular flexibility index (Phi) is 5.23. The lowest BCUT2D eigenvalue weighted by Crippen LogP contribution is -2.40. The Morgan fingerprint density at radius 1 is 1.31 bits per heavy atom. The van der Waals surface area contributed by atoms with E-state index in [1.807, 2.05) is 29.6 Å². The van der Waals surface area contributed by atoms with Gasteiger partial charge in [0.25, 0.3) is 11.5 Å². The summed E-state index contributed by atoms with van der Waals surface area (Å²) in [6.45, 7) is 3.69. The van der Waals surface area contributed by atoms with E-state index in [1.165, 1.54) is 15.9 Å². The second kappa shape index (κ2) is 7.95. The van der Waals surface area contributed by atoms with Crippen molar-refractivity contribution < 1.29 is 14.3 Å². The largest absolute Gasteiger partial charge is 0.463 e. The van der Waals surface area contributed by atoms with Crippen molar-refractivity contribution in [2.24, 2.45) is 4.99 Å². The van der Waals surface area contributed by atoms with E-state index in [1.54, 1.807) is 19.9 Å². The number of carbonyl (C=O) groups excluding carboxylic acids is 2. The molecule has 10 heteroatoms. The fourth-order valence-electron chi connectivity index (χ4n) is 3.92. The van der Waals surface area contributed by atoms with Crippen molar-refractivity contribution in [2.45, 2.75) is 19.9 Å². The predicted octanol–water partition coefficient (Wildman–Crippen LogP) is 2.94. The number of hydrogen-bond acceptors (Lipinski definition) is 7. The third-order valence-electron chi connectivity index (χ3n) is 5.26. The summed E-state index contributed by atoms with van der Waals surface area (Å²) in [6, 6.07) is 8.52. The Balaban J connectivity index is 1.82. The zero-order valence-corrected chi connectivity index (χ0v) is 20.2. The molecule has 0 spiro atoms. The molecule has 1 unspecified atom stereocenters. The SMILES string of the molecule is CCOC(=O)C1=C(C)N=c2s/c(=C3\C(=O)Nc4ccc(Br)cc43)c(=O)n2C1c1cccs1. The molecular weight excluding hydrogens is 514 g/mol. The minimum atomic E-state index is -0.661. The number of halogens is 1. The van der Waals surface area contributed by atoms with Gasteiger partial charge in [-0.2, -0.15) is 0 Å². The summed E-state index contributed by atoms with van der Waals surface area (Å²) in [7, 11) is 0. The van der Waals surface area contributed by atoms with Crippen molar-refractivity contribution in [3.63, 3.8) is 0 Å². The summed E-state index contributed by atoms with van der Waals surface area (Å²) < 4.78 is 7.87. The fraction of sp³-hybridized carbons (Fsp3) is 0.182. The normalized spacial score (nSPS) is 18.7. The maximum atomic E-state index is 13.7. The molecule has 32 heavy (non-hydrogen) atoms. The average molecular weight is 530 g/mol. The minimum absolute atomic E-state index is 0.215. The van der Waals surface area contributed by atoms with Crippen LogP contribution in [-0.4, -0.2) is 23.1 Å². The van der Waals surface area contributed by atoms with Crippen molar-refractivity contribution in [2.75, 3.05) is 11.9 Å². The molecule has 1 amide bonds. The first-order valence-corrected chi connectivity index (χ1v) is 12.3. The van der Waals surface area contributed by atoms with Crippen LogP contribution in [0.1, 0.15) is 30.3 Å². The number of aromatic nitrogens is 1. The highest BCUT2D eigenvalue weighted by Gasteiger charge is 2.35. The molecule has 162 valence electrons. The summed E-state index contributed by atoms with van der Waals surface area (Å²) in [4.78, 5) is 45.2. The van der Waals surface area contributed by atoms with Crippen LogP contribution in [0.3, 0.4) is 0 Å². The van der Waals surface area contributed by atoms with Crippen molar-refractivity contribution in [3.8, 4) is 0 Å². The molecule has 0 radical (unpaired) electrons. The van der Waals surface area contributed by atoms with Crippen LogP contribution in [0, 0.1) is 0 Å². The van der Waals surface area contributed by atoms with Gasteiger partial charge in [0, 0.05) is 20.6 Å². The summed E-state index contributed by atoms with van der Waals surface area (Å²) >= 11 is 6.03. The number of nitrogens with zero attached hydrogens (tertiary/aromatic N) is 2. The first-order valence-electron chi connectivity index (χ1n) is 9.77. The first kappa shape index (κ1) is 21.0. The van der Waals surface area contributed by atoms with E-state index in [-0.39, 0.29) is 22.6 Å². The van der Waals surface area contributed by atoms with E-state index in [0.29, 0.717) is 32.9 Å². The number of benzene rings is 1. The maximum Gasteiger partial charge on any atom is 0.338 e. The Hall–Kier alpha value is -2.82. The molecule has 0 bridgehead atoms. The van der Waals surface area contributed by atoms with E-state index in [0.717, 1.165) is 20.7 Å². The highest BCUT2D eigenvalue weighted by atomic mass is 79.9. The molecule has 4 heterocycles. The standard InChI is InChI=1S/C22H16BrN3O4S2/c1-3-30-21(29)15-10(2)24-22-26(17(15)14-5-4-8-31-14)20(28)18(32-22)16-12-9-11(23)6-7-13(12)25-19(16)27/h4-9,17H,3H2,1-2H3,(H,25,27)/b18-16-. The monoisotopic (exact) mass is 529 g/mol. The lowest BCUT2D eigenvalue weighted by molar-refractivity contribution is -0.139. The number of anilines is 1. The molecule has 1 atom stereocenters. The number of esters is 1. The molecule has 2 aliphatic heterocycles.